The number of nitrogens with two attached hydrogens (primary N) is 1. The van der Waals surface area contributed by atoms with E-state index in [0.717, 1.165) is 29.2 Å². The second kappa shape index (κ2) is 6.52. The lowest BCUT2D eigenvalue weighted by Crippen LogP contribution is -2.19. The van der Waals surface area contributed by atoms with Gasteiger partial charge in [0.25, 0.3) is 0 Å². The van der Waals surface area contributed by atoms with Crippen molar-refractivity contribution in [3.63, 3.8) is 0 Å². The van der Waals surface area contributed by atoms with Crippen LogP contribution in [0.2, 0.25) is 0 Å². The normalized spacial score (nSPS) is 12.4. The summed E-state index contributed by atoms with van der Waals surface area (Å²) in [7, 11) is 0. The molecule has 2 N–H and O–H groups in total. The molecule has 108 valence electrons. The highest BCUT2D eigenvalue weighted by molar-refractivity contribution is 5.30. The van der Waals surface area contributed by atoms with Gasteiger partial charge in [-0.05, 0) is 32.9 Å². The third-order valence-electron chi connectivity index (χ3n) is 2.99. The van der Waals surface area contributed by atoms with E-state index in [4.69, 9.17) is 10.5 Å². The fraction of sp³-hybridized carbons (Fsp3) is 0.467. The quantitative estimate of drug-likeness (QED) is 0.875. The molecular weight excluding hydrogens is 252 g/mol. The average Bonchev–Trinajstić information content (AvgIpc) is 2.85. The Labute approximate surface area is 119 Å². The van der Waals surface area contributed by atoms with Crippen molar-refractivity contribution in [2.45, 2.75) is 46.4 Å². The summed E-state index contributed by atoms with van der Waals surface area (Å²) in [5.74, 6) is 0.803. The Balaban J connectivity index is 2.08. The van der Waals surface area contributed by atoms with Crippen molar-refractivity contribution in [1.29, 1.82) is 0 Å². The number of aryl methyl sites for hydroxylation is 2. The van der Waals surface area contributed by atoms with E-state index >= 15 is 0 Å². The first-order valence-corrected chi connectivity index (χ1v) is 6.94. The van der Waals surface area contributed by atoms with Gasteiger partial charge in [-0.2, -0.15) is 5.10 Å². The second-order valence-corrected chi connectivity index (χ2v) is 5.07. The Morgan fingerprint density at radius 3 is 2.85 bits per heavy atom. The third-order valence-corrected chi connectivity index (χ3v) is 2.99. The van der Waals surface area contributed by atoms with Gasteiger partial charge in [-0.1, -0.05) is 0 Å². The van der Waals surface area contributed by atoms with Crippen molar-refractivity contribution in [3.8, 4) is 5.75 Å². The summed E-state index contributed by atoms with van der Waals surface area (Å²) in [5.41, 5.74) is 8.82. The lowest BCUT2D eigenvalue weighted by molar-refractivity contribution is 0.300. The van der Waals surface area contributed by atoms with Crippen molar-refractivity contribution < 1.29 is 4.74 Å². The molecule has 5 heteroatoms. The molecule has 0 aromatic carbocycles. The highest BCUT2D eigenvalue weighted by atomic mass is 16.5. The van der Waals surface area contributed by atoms with Crippen molar-refractivity contribution in [2.24, 2.45) is 5.73 Å². The molecule has 0 radical (unpaired) electrons. The van der Waals surface area contributed by atoms with Gasteiger partial charge >= 0.3 is 0 Å². The van der Waals surface area contributed by atoms with E-state index in [0.29, 0.717) is 13.0 Å². The second-order valence-electron chi connectivity index (χ2n) is 5.07. The van der Waals surface area contributed by atoms with Crippen LogP contribution in [-0.4, -0.2) is 20.8 Å². The molecular formula is C15H22N4O. The van der Waals surface area contributed by atoms with E-state index < -0.39 is 0 Å². The van der Waals surface area contributed by atoms with Gasteiger partial charge in [0, 0.05) is 36.5 Å². The zero-order chi connectivity index (χ0) is 14.5. The van der Waals surface area contributed by atoms with Crippen molar-refractivity contribution in [3.05, 3.63) is 41.5 Å². The summed E-state index contributed by atoms with van der Waals surface area (Å²) < 4.78 is 7.75. The van der Waals surface area contributed by atoms with Crippen LogP contribution in [0.15, 0.2) is 24.5 Å². The molecule has 0 fully saturated rings. The van der Waals surface area contributed by atoms with Gasteiger partial charge in [0.1, 0.15) is 12.4 Å². The van der Waals surface area contributed by atoms with Crippen LogP contribution in [0.3, 0.4) is 0 Å². The average molecular weight is 274 g/mol. The molecule has 2 aromatic heterocycles. The summed E-state index contributed by atoms with van der Waals surface area (Å²) in [4.78, 5) is 4.52. The molecule has 1 atom stereocenters. The predicted octanol–water partition coefficient (Wildman–Crippen LogP) is 2.08. The number of aromatic nitrogens is 3. The van der Waals surface area contributed by atoms with Crippen LogP contribution in [0.25, 0.3) is 0 Å². The molecule has 5 nitrogen and oxygen atoms in total. The molecule has 0 saturated carbocycles. The standard InChI is InChI=1S/C15H22N4O/c1-4-19-9-13(8-17-19)10-20-15-6-5-12(3)18-14(15)7-11(2)16/h5-6,8-9,11H,4,7,10,16H2,1-3H3. The first-order chi connectivity index (χ1) is 9.58. The summed E-state index contributed by atoms with van der Waals surface area (Å²) in [6.45, 7) is 7.36. The SMILES string of the molecule is CCn1cc(COc2ccc(C)nc2CC(C)N)cn1. The van der Waals surface area contributed by atoms with Gasteiger partial charge in [-0.25, -0.2) is 0 Å². The fourth-order valence-electron chi connectivity index (χ4n) is 2.00. The molecule has 0 spiro atoms. The maximum absolute atomic E-state index is 5.87. The molecule has 0 aliphatic heterocycles. The molecule has 0 bridgehead atoms. The van der Waals surface area contributed by atoms with Gasteiger partial charge in [0.15, 0.2) is 0 Å². The largest absolute Gasteiger partial charge is 0.487 e. The van der Waals surface area contributed by atoms with Crippen molar-refractivity contribution in [1.82, 2.24) is 14.8 Å². The first kappa shape index (κ1) is 14.5. The molecule has 1 unspecified atom stereocenters. The van der Waals surface area contributed by atoms with Crippen LogP contribution in [0.5, 0.6) is 5.75 Å². The predicted molar refractivity (Wildman–Crippen MR) is 78.6 cm³/mol. The third kappa shape index (κ3) is 3.81. The van der Waals surface area contributed by atoms with E-state index in [9.17, 15) is 0 Å². The van der Waals surface area contributed by atoms with E-state index in [1.165, 1.54) is 0 Å². The minimum Gasteiger partial charge on any atom is -0.487 e. The minimum atomic E-state index is 0.0643. The van der Waals surface area contributed by atoms with E-state index in [1.54, 1.807) is 0 Å². The number of hydrogen-bond donors (Lipinski definition) is 1. The molecule has 0 saturated heterocycles. The molecule has 0 aliphatic rings. The Morgan fingerprint density at radius 1 is 1.40 bits per heavy atom. The molecule has 0 aliphatic carbocycles. The van der Waals surface area contributed by atoms with E-state index in [1.807, 2.05) is 43.1 Å². The fourth-order valence-corrected chi connectivity index (χ4v) is 2.00. The van der Waals surface area contributed by atoms with Crippen LogP contribution >= 0.6 is 0 Å². The highest BCUT2D eigenvalue weighted by Crippen LogP contribution is 2.19. The minimum absolute atomic E-state index is 0.0643. The van der Waals surface area contributed by atoms with Crippen LogP contribution in [0.4, 0.5) is 0 Å². The maximum atomic E-state index is 5.87. The highest BCUT2D eigenvalue weighted by Gasteiger charge is 2.09. The monoisotopic (exact) mass is 274 g/mol. The number of hydrogen-bond acceptors (Lipinski definition) is 4. The summed E-state index contributed by atoms with van der Waals surface area (Å²) in [6.07, 6.45) is 4.54. The van der Waals surface area contributed by atoms with Gasteiger partial charge < -0.3 is 10.5 Å². The Bertz CT molecular complexity index is 563. The lowest BCUT2D eigenvalue weighted by atomic mass is 10.1. The van der Waals surface area contributed by atoms with E-state index in [2.05, 4.69) is 17.0 Å². The Kier molecular flexibility index (Phi) is 4.74. The van der Waals surface area contributed by atoms with Crippen molar-refractivity contribution >= 4 is 0 Å². The smallest absolute Gasteiger partial charge is 0.141 e. The number of ether oxygens (including phenoxy) is 1. The Hall–Kier alpha value is -1.88. The topological polar surface area (TPSA) is 66.0 Å². The van der Waals surface area contributed by atoms with Crippen LogP contribution in [0.1, 0.15) is 30.8 Å². The zero-order valence-electron chi connectivity index (χ0n) is 12.3. The summed E-state index contributed by atoms with van der Waals surface area (Å²) >= 11 is 0. The van der Waals surface area contributed by atoms with Crippen LogP contribution in [0, 0.1) is 6.92 Å². The number of pyridine rings is 1. The Morgan fingerprint density at radius 2 is 2.20 bits per heavy atom. The summed E-state index contributed by atoms with van der Waals surface area (Å²) in [5, 5.41) is 4.23. The molecule has 20 heavy (non-hydrogen) atoms. The van der Waals surface area contributed by atoms with Crippen molar-refractivity contribution in [2.75, 3.05) is 0 Å². The number of nitrogens with zero attached hydrogens (tertiary/aromatic N) is 3. The van der Waals surface area contributed by atoms with Gasteiger partial charge in [0.2, 0.25) is 0 Å². The lowest BCUT2D eigenvalue weighted by Gasteiger charge is -2.12. The van der Waals surface area contributed by atoms with Crippen LogP contribution in [-0.2, 0) is 19.6 Å². The molecule has 2 heterocycles. The van der Waals surface area contributed by atoms with Gasteiger partial charge in [0.05, 0.1) is 11.9 Å². The number of rotatable bonds is 6. The molecule has 2 rings (SSSR count). The van der Waals surface area contributed by atoms with Gasteiger partial charge in [-0.3, -0.25) is 9.67 Å². The van der Waals surface area contributed by atoms with Gasteiger partial charge in [-0.15, -0.1) is 0 Å². The van der Waals surface area contributed by atoms with E-state index in [-0.39, 0.29) is 6.04 Å². The van der Waals surface area contributed by atoms with Crippen LogP contribution < -0.4 is 10.5 Å². The zero-order valence-corrected chi connectivity index (χ0v) is 12.3. The first-order valence-electron chi connectivity index (χ1n) is 6.94. The maximum Gasteiger partial charge on any atom is 0.141 e. The summed E-state index contributed by atoms with van der Waals surface area (Å²) in [6, 6.07) is 3.98. The molecule has 0 amide bonds. The molecule has 2 aromatic rings.